The molecular weight excluding hydrogens is 344 g/mol. The monoisotopic (exact) mass is 359 g/mol. The van der Waals surface area contributed by atoms with E-state index in [0.29, 0.717) is 12.8 Å². The topological polar surface area (TPSA) is 122 Å². The molecule has 0 bridgehead atoms. The highest BCUT2D eigenvalue weighted by molar-refractivity contribution is 5.92. The summed E-state index contributed by atoms with van der Waals surface area (Å²) in [6.07, 6.45) is 0.898. The maximum atomic E-state index is 12.4. The summed E-state index contributed by atoms with van der Waals surface area (Å²) in [6, 6.07) is 2.07. The number of rotatable bonds is 5. The van der Waals surface area contributed by atoms with Crippen LogP contribution in [0.4, 0.5) is 25.0 Å². The van der Waals surface area contributed by atoms with E-state index in [-0.39, 0.29) is 18.8 Å². The number of hydrogen-bond donors (Lipinski definition) is 2. The van der Waals surface area contributed by atoms with Gasteiger partial charge in [-0.2, -0.15) is 8.78 Å². The first-order chi connectivity index (χ1) is 11.8. The molecule has 1 unspecified atom stereocenters. The van der Waals surface area contributed by atoms with Crippen LogP contribution in [-0.2, 0) is 4.79 Å². The van der Waals surface area contributed by atoms with Gasteiger partial charge in [0.05, 0.1) is 16.5 Å². The van der Waals surface area contributed by atoms with Crippen molar-refractivity contribution < 1.29 is 33.1 Å². The zero-order chi connectivity index (χ0) is 18.6. The van der Waals surface area contributed by atoms with Crippen molar-refractivity contribution >= 4 is 23.4 Å². The average Bonchev–Trinajstić information content (AvgIpc) is 2.55. The van der Waals surface area contributed by atoms with Crippen LogP contribution in [0.15, 0.2) is 18.2 Å². The van der Waals surface area contributed by atoms with E-state index < -0.39 is 40.9 Å². The minimum Gasteiger partial charge on any atom is -0.481 e. The SMILES string of the molecule is O=C(O)C1CCCN(C(=O)Nc2cc([N+](=O)[O-])ccc2OC(F)F)C1. The van der Waals surface area contributed by atoms with Crippen molar-refractivity contribution in [2.24, 2.45) is 5.92 Å². The van der Waals surface area contributed by atoms with Crippen molar-refractivity contribution in [3.05, 3.63) is 28.3 Å². The number of carbonyl (C=O) groups excluding carboxylic acids is 1. The number of ether oxygens (including phenoxy) is 1. The number of benzene rings is 1. The van der Waals surface area contributed by atoms with Crippen LogP contribution < -0.4 is 10.1 Å². The van der Waals surface area contributed by atoms with Gasteiger partial charge in [-0.1, -0.05) is 0 Å². The van der Waals surface area contributed by atoms with Gasteiger partial charge < -0.3 is 20.1 Å². The molecule has 1 aliphatic rings. The van der Waals surface area contributed by atoms with Crippen molar-refractivity contribution in [1.29, 1.82) is 0 Å². The Morgan fingerprint density at radius 2 is 2.16 bits per heavy atom. The molecule has 0 radical (unpaired) electrons. The molecule has 2 N–H and O–H groups in total. The molecule has 25 heavy (non-hydrogen) atoms. The van der Waals surface area contributed by atoms with Gasteiger partial charge in [0.25, 0.3) is 5.69 Å². The van der Waals surface area contributed by atoms with Gasteiger partial charge in [-0.25, -0.2) is 4.79 Å². The Morgan fingerprint density at radius 1 is 1.44 bits per heavy atom. The Kier molecular flexibility index (Phi) is 5.67. The second kappa shape index (κ2) is 7.73. The molecule has 1 saturated heterocycles. The van der Waals surface area contributed by atoms with Crippen molar-refractivity contribution in [2.45, 2.75) is 19.5 Å². The molecule has 136 valence electrons. The van der Waals surface area contributed by atoms with Gasteiger partial charge in [0.15, 0.2) is 0 Å². The van der Waals surface area contributed by atoms with E-state index in [1.54, 1.807) is 0 Å². The van der Waals surface area contributed by atoms with E-state index in [2.05, 4.69) is 10.1 Å². The number of nitrogens with one attached hydrogen (secondary N) is 1. The molecule has 0 aliphatic carbocycles. The molecule has 1 atom stereocenters. The maximum Gasteiger partial charge on any atom is 0.387 e. The number of nitro groups is 1. The third-order valence-electron chi connectivity index (χ3n) is 3.69. The molecule has 11 heteroatoms. The number of anilines is 1. The number of amides is 2. The van der Waals surface area contributed by atoms with E-state index in [0.717, 1.165) is 18.2 Å². The van der Waals surface area contributed by atoms with Crippen LogP contribution in [-0.4, -0.2) is 46.6 Å². The summed E-state index contributed by atoms with van der Waals surface area (Å²) in [7, 11) is 0. The number of piperidine rings is 1. The van der Waals surface area contributed by atoms with Crippen molar-refractivity contribution in [3.8, 4) is 5.75 Å². The standard InChI is InChI=1S/C14H15F2N3O6/c15-13(16)25-11-4-3-9(19(23)24)6-10(11)17-14(22)18-5-1-2-8(7-18)12(20)21/h3-4,6,8,13H,1-2,5,7H2,(H,17,22)(H,20,21). The molecule has 2 amide bonds. The number of halogens is 2. The molecule has 0 aromatic heterocycles. The summed E-state index contributed by atoms with van der Waals surface area (Å²) in [5, 5.41) is 22.1. The number of alkyl halides is 2. The van der Waals surface area contributed by atoms with Crippen LogP contribution in [0, 0.1) is 16.0 Å². The molecule has 1 aromatic rings. The quantitative estimate of drug-likeness (QED) is 0.615. The minimum absolute atomic E-state index is 0.0405. The number of likely N-dealkylation sites (tertiary alicyclic amines) is 1. The number of nitro benzene ring substituents is 1. The fraction of sp³-hybridized carbons (Fsp3) is 0.429. The van der Waals surface area contributed by atoms with Crippen LogP contribution in [0.1, 0.15) is 12.8 Å². The molecule has 1 aliphatic heterocycles. The predicted octanol–water partition coefficient (Wildman–Crippen LogP) is 2.52. The zero-order valence-electron chi connectivity index (χ0n) is 12.9. The third-order valence-corrected chi connectivity index (χ3v) is 3.69. The minimum atomic E-state index is -3.18. The predicted molar refractivity (Wildman–Crippen MR) is 80.7 cm³/mol. The fourth-order valence-electron chi connectivity index (χ4n) is 2.49. The summed E-state index contributed by atoms with van der Waals surface area (Å²) in [4.78, 5) is 34.6. The number of carbonyl (C=O) groups is 2. The molecule has 2 rings (SSSR count). The lowest BCUT2D eigenvalue weighted by molar-refractivity contribution is -0.384. The van der Waals surface area contributed by atoms with Crippen LogP contribution in [0.25, 0.3) is 0 Å². The number of hydrogen-bond acceptors (Lipinski definition) is 5. The number of carboxylic acid groups (broad SMARTS) is 1. The van der Waals surface area contributed by atoms with Gasteiger partial charge >= 0.3 is 18.6 Å². The number of aliphatic carboxylic acids is 1. The van der Waals surface area contributed by atoms with Gasteiger partial charge in [0.2, 0.25) is 0 Å². The highest BCUT2D eigenvalue weighted by Crippen LogP contribution is 2.31. The third kappa shape index (κ3) is 4.75. The van der Waals surface area contributed by atoms with Gasteiger partial charge in [0.1, 0.15) is 5.75 Å². The number of nitrogens with zero attached hydrogens (tertiary/aromatic N) is 2. The van der Waals surface area contributed by atoms with Crippen molar-refractivity contribution in [2.75, 3.05) is 18.4 Å². The lowest BCUT2D eigenvalue weighted by atomic mass is 9.99. The first-order valence-corrected chi connectivity index (χ1v) is 7.30. The van der Waals surface area contributed by atoms with Crippen LogP contribution >= 0.6 is 0 Å². The lowest BCUT2D eigenvalue weighted by Crippen LogP contribution is -2.44. The Hall–Kier alpha value is -2.98. The van der Waals surface area contributed by atoms with E-state index in [1.807, 2.05) is 0 Å². The Morgan fingerprint density at radius 3 is 2.76 bits per heavy atom. The molecule has 0 spiro atoms. The fourth-order valence-corrected chi connectivity index (χ4v) is 2.49. The largest absolute Gasteiger partial charge is 0.481 e. The summed E-state index contributed by atoms with van der Waals surface area (Å²) >= 11 is 0. The average molecular weight is 359 g/mol. The lowest BCUT2D eigenvalue weighted by Gasteiger charge is -2.30. The Balaban J connectivity index is 2.19. The van der Waals surface area contributed by atoms with E-state index in [4.69, 9.17) is 5.11 Å². The summed E-state index contributed by atoms with van der Waals surface area (Å²) in [5.41, 5.74) is -0.712. The number of urea groups is 1. The first-order valence-electron chi connectivity index (χ1n) is 7.30. The molecular formula is C14H15F2N3O6. The zero-order valence-corrected chi connectivity index (χ0v) is 12.9. The highest BCUT2D eigenvalue weighted by atomic mass is 19.3. The van der Waals surface area contributed by atoms with Gasteiger partial charge in [-0.15, -0.1) is 0 Å². The van der Waals surface area contributed by atoms with Crippen LogP contribution in [0.2, 0.25) is 0 Å². The van der Waals surface area contributed by atoms with Crippen molar-refractivity contribution in [3.63, 3.8) is 0 Å². The van der Waals surface area contributed by atoms with E-state index in [1.165, 1.54) is 4.90 Å². The summed E-state index contributed by atoms with van der Waals surface area (Å²) < 4.78 is 29.1. The molecule has 9 nitrogen and oxygen atoms in total. The first kappa shape index (κ1) is 18.4. The molecule has 0 saturated carbocycles. The Labute approximate surface area is 140 Å². The molecule has 1 aromatic carbocycles. The van der Waals surface area contributed by atoms with Crippen LogP contribution in [0.3, 0.4) is 0 Å². The normalized spacial score (nSPS) is 17.2. The Bertz CT molecular complexity index is 685. The van der Waals surface area contributed by atoms with E-state index >= 15 is 0 Å². The van der Waals surface area contributed by atoms with Crippen molar-refractivity contribution in [1.82, 2.24) is 4.90 Å². The highest BCUT2D eigenvalue weighted by Gasteiger charge is 2.29. The van der Waals surface area contributed by atoms with E-state index in [9.17, 15) is 28.5 Å². The second-order valence-corrected chi connectivity index (χ2v) is 5.37. The summed E-state index contributed by atoms with van der Waals surface area (Å²) in [6.45, 7) is -2.93. The summed E-state index contributed by atoms with van der Waals surface area (Å²) in [5.74, 6) is -2.18. The van der Waals surface area contributed by atoms with Gasteiger partial charge in [0, 0.05) is 25.2 Å². The number of carboxylic acids is 1. The molecule has 1 heterocycles. The van der Waals surface area contributed by atoms with Crippen LogP contribution in [0.5, 0.6) is 5.75 Å². The van der Waals surface area contributed by atoms with Gasteiger partial charge in [-0.3, -0.25) is 14.9 Å². The van der Waals surface area contributed by atoms with Gasteiger partial charge in [-0.05, 0) is 18.9 Å². The molecule has 1 fully saturated rings. The smallest absolute Gasteiger partial charge is 0.387 e. The number of non-ortho nitro benzene ring substituents is 1. The maximum absolute atomic E-state index is 12.4. The second-order valence-electron chi connectivity index (χ2n) is 5.37.